The molecule has 35 heavy (non-hydrogen) atoms. The molecular weight excluding hydrogens is 472 g/mol. The lowest BCUT2D eigenvalue weighted by molar-refractivity contribution is 0.214. The number of aryl methyl sites for hydroxylation is 1. The Morgan fingerprint density at radius 1 is 0.800 bits per heavy atom. The van der Waals surface area contributed by atoms with E-state index in [1.165, 1.54) is 7.11 Å². The van der Waals surface area contributed by atoms with Crippen LogP contribution in [0.15, 0.2) is 63.8 Å². The van der Waals surface area contributed by atoms with Gasteiger partial charge >= 0.3 is 0 Å². The normalized spacial score (nSPS) is 10.8. The second kappa shape index (κ2) is 10.6. The van der Waals surface area contributed by atoms with Gasteiger partial charge in [0, 0.05) is 10.6 Å². The minimum Gasteiger partial charge on any atom is -0.497 e. The number of hydrogen-bond acceptors (Lipinski definition) is 7. The molecule has 4 rings (SSSR count). The van der Waals surface area contributed by atoms with Crippen molar-refractivity contribution < 1.29 is 28.1 Å². The van der Waals surface area contributed by atoms with Crippen LogP contribution >= 0.6 is 11.6 Å². The van der Waals surface area contributed by atoms with Crippen LogP contribution in [-0.4, -0.2) is 34.5 Å². The molecule has 0 aliphatic heterocycles. The van der Waals surface area contributed by atoms with Gasteiger partial charge in [0.2, 0.25) is 11.2 Å². The molecule has 0 aliphatic carbocycles. The third-order valence-electron chi connectivity index (χ3n) is 5.43. The van der Waals surface area contributed by atoms with Crippen molar-refractivity contribution in [1.29, 1.82) is 0 Å². The fourth-order valence-corrected chi connectivity index (χ4v) is 3.74. The molecule has 0 radical (unpaired) electrons. The van der Waals surface area contributed by atoms with Crippen molar-refractivity contribution in [3.05, 3.63) is 75.4 Å². The molecule has 182 valence electrons. The Hall–Kier alpha value is -3.84. The molecule has 0 saturated heterocycles. The van der Waals surface area contributed by atoms with Gasteiger partial charge in [0.25, 0.3) is 0 Å². The topological polar surface area (TPSA) is 76.4 Å². The summed E-state index contributed by atoms with van der Waals surface area (Å²) in [7, 11) is 4.69. The van der Waals surface area contributed by atoms with Crippen molar-refractivity contribution in [2.75, 3.05) is 34.5 Å². The summed E-state index contributed by atoms with van der Waals surface area (Å²) in [6.45, 7) is 2.17. The van der Waals surface area contributed by atoms with Gasteiger partial charge in [-0.3, -0.25) is 4.79 Å². The Morgan fingerprint density at radius 2 is 1.49 bits per heavy atom. The quantitative estimate of drug-likeness (QED) is 0.267. The van der Waals surface area contributed by atoms with E-state index in [-0.39, 0.29) is 30.2 Å². The van der Waals surface area contributed by atoms with Crippen molar-refractivity contribution in [3.8, 4) is 40.1 Å². The highest BCUT2D eigenvalue weighted by molar-refractivity contribution is 6.32. The number of rotatable bonds is 9. The smallest absolute Gasteiger partial charge is 0.235 e. The molecule has 0 atom stereocenters. The Bertz CT molecular complexity index is 1390. The third kappa shape index (κ3) is 5.15. The molecule has 1 heterocycles. The van der Waals surface area contributed by atoms with Crippen molar-refractivity contribution in [3.63, 3.8) is 0 Å². The van der Waals surface area contributed by atoms with E-state index in [0.29, 0.717) is 38.8 Å². The summed E-state index contributed by atoms with van der Waals surface area (Å²) in [4.78, 5) is 13.4. The van der Waals surface area contributed by atoms with Crippen LogP contribution in [-0.2, 0) is 0 Å². The van der Waals surface area contributed by atoms with Crippen LogP contribution in [0.1, 0.15) is 5.56 Å². The summed E-state index contributed by atoms with van der Waals surface area (Å²) in [6, 6.07) is 15.8. The first-order valence-electron chi connectivity index (χ1n) is 10.8. The number of methoxy groups -OCH3 is 3. The Labute approximate surface area is 207 Å². The average molecular weight is 497 g/mol. The predicted molar refractivity (Wildman–Crippen MR) is 135 cm³/mol. The Balaban J connectivity index is 1.69. The summed E-state index contributed by atoms with van der Waals surface area (Å²) in [5, 5.41) is 0.799. The monoisotopic (exact) mass is 496 g/mol. The highest BCUT2D eigenvalue weighted by Gasteiger charge is 2.20. The van der Waals surface area contributed by atoms with Crippen LogP contribution in [0.25, 0.3) is 22.3 Å². The first kappa shape index (κ1) is 24.3. The maximum absolute atomic E-state index is 13.4. The SMILES string of the molecule is COc1ccc(OCCOc2c(-c3ccc(OC)c(OC)c3)oc3cc(C)c(Cl)cc3c2=O)cc1. The van der Waals surface area contributed by atoms with Crippen molar-refractivity contribution in [2.24, 2.45) is 0 Å². The maximum atomic E-state index is 13.4. The van der Waals surface area contributed by atoms with E-state index in [1.807, 2.05) is 6.92 Å². The average Bonchev–Trinajstić information content (AvgIpc) is 2.88. The Kier molecular flexibility index (Phi) is 7.36. The second-order valence-electron chi connectivity index (χ2n) is 7.63. The second-order valence-corrected chi connectivity index (χ2v) is 8.04. The molecule has 0 spiro atoms. The van der Waals surface area contributed by atoms with Crippen LogP contribution in [0.2, 0.25) is 5.02 Å². The van der Waals surface area contributed by atoms with Crippen molar-refractivity contribution in [2.45, 2.75) is 6.92 Å². The molecule has 4 aromatic rings. The number of benzene rings is 3. The fraction of sp³-hybridized carbons (Fsp3) is 0.222. The first-order valence-corrected chi connectivity index (χ1v) is 11.2. The molecule has 1 aromatic heterocycles. The van der Waals surface area contributed by atoms with Crippen LogP contribution < -0.4 is 29.1 Å². The van der Waals surface area contributed by atoms with E-state index >= 15 is 0 Å². The van der Waals surface area contributed by atoms with Gasteiger partial charge in [0.1, 0.15) is 30.3 Å². The van der Waals surface area contributed by atoms with Crippen LogP contribution in [0.5, 0.6) is 28.7 Å². The van der Waals surface area contributed by atoms with Gasteiger partial charge in [-0.1, -0.05) is 11.6 Å². The van der Waals surface area contributed by atoms with Gasteiger partial charge in [0.15, 0.2) is 17.3 Å². The molecular formula is C27H25ClO7. The maximum Gasteiger partial charge on any atom is 0.235 e. The molecule has 3 aromatic carbocycles. The largest absolute Gasteiger partial charge is 0.497 e. The molecule has 0 saturated carbocycles. The first-order chi connectivity index (χ1) is 16.9. The van der Waals surface area contributed by atoms with Crippen LogP contribution in [0.4, 0.5) is 0 Å². The zero-order chi connectivity index (χ0) is 24.9. The van der Waals surface area contributed by atoms with E-state index in [2.05, 4.69) is 0 Å². The highest BCUT2D eigenvalue weighted by atomic mass is 35.5. The summed E-state index contributed by atoms with van der Waals surface area (Å²) in [5.41, 5.74) is 1.47. The van der Waals surface area contributed by atoms with Gasteiger partial charge < -0.3 is 28.1 Å². The molecule has 0 bridgehead atoms. The molecule has 0 N–H and O–H groups in total. The van der Waals surface area contributed by atoms with E-state index < -0.39 is 0 Å². The van der Waals surface area contributed by atoms with Gasteiger partial charge in [-0.25, -0.2) is 0 Å². The molecule has 0 amide bonds. The van der Waals surface area contributed by atoms with Gasteiger partial charge in [-0.05, 0) is 67.1 Å². The molecule has 0 unspecified atom stereocenters. The number of halogens is 1. The van der Waals surface area contributed by atoms with E-state index in [9.17, 15) is 4.79 Å². The summed E-state index contributed by atoms with van der Waals surface area (Å²) in [6.07, 6.45) is 0. The summed E-state index contributed by atoms with van der Waals surface area (Å²) >= 11 is 6.28. The molecule has 0 aliphatic rings. The fourth-order valence-electron chi connectivity index (χ4n) is 3.57. The van der Waals surface area contributed by atoms with Crippen LogP contribution in [0, 0.1) is 6.92 Å². The highest BCUT2D eigenvalue weighted by Crippen LogP contribution is 2.37. The van der Waals surface area contributed by atoms with Gasteiger partial charge in [0.05, 0.1) is 26.7 Å². The standard InChI is InChI=1S/C27H25ClO7/c1-16-13-23-20(15-21(16)28)25(29)27(34-12-11-33-19-8-6-18(30-2)7-9-19)26(35-23)17-5-10-22(31-3)24(14-17)32-4/h5-10,13-15H,11-12H2,1-4H3. The lowest BCUT2D eigenvalue weighted by Gasteiger charge is -2.14. The van der Waals surface area contributed by atoms with E-state index in [0.717, 1.165) is 11.3 Å². The minimum absolute atomic E-state index is 0.0583. The zero-order valence-electron chi connectivity index (χ0n) is 19.8. The number of ether oxygens (including phenoxy) is 5. The molecule has 8 heteroatoms. The number of fused-ring (bicyclic) bond motifs is 1. The van der Waals surface area contributed by atoms with E-state index in [4.69, 9.17) is 39.7 Å². The predicted octanol–water partition coefficient (Wildman–Crippen LogP) is 5.91. The van der Waals surface area contributed by atoms with Crippen LogP contribution in [0.3, 0.4) is 0 Å². The van der Waals surface area contributed by atoms with Gasteiger partial charge in [-0.15, -0.1) is 0 Å². The van der Waals surface area contributed by atoms with Crippen molar-refractivity contribution >= 4 is 22.6 Å². The molecule has 7 nitrogen and oxygen atoms in total. The lowest BCUT2D eigenvalue weighted by atomic mass is 10.1. The minimum atomic E-state index is -0.331. The Morgan fingerprint density at radius 3 is 2.17 bits per heavy atom. The summed E-state index contributed by atoms with van der Waals surface area (Å²) in [5.74, 6) is 2.77. The third-order valence-corrected chi connectivity index (χ3v) is 5.84. The lowest BCUT2D eigenvalue weighted by Crippen LogP contribution is -2.15. The van der Waals surface area contributed by atoms with Gasteiger partial charge in [-0.2, -0.15) is 0 Å². The number of hydrogen-bond donors (Lipinski definition) is 0. The summed E-state index contributed by atoms with van der Waals surface area (Å²) < 4.78 is 33.7. The van der Waals surface area contributed by atoms with E-state index in [1.54, 1.807) is 68.8 Å². The van der Waals surface area contributed by atoms with Crippen molar-refractivity contribution in [1.82, 2.24) is 0 Å². The zero-order valence-corrected chi connectivity index (χ0v) is 20.6. The molecule has 0 fully saturated rings.